The van der Waals surface area contributed by atoms with E-state index in [-0.39, 0.29) is 30.7 Å². The lowest BCUT2D eigenvalue weighted by Gasteiger charge is -2.17. The number of methoxy groups -OCH3 is 1. The zero-order valence-electron chi connectivity index (χ0n) is 12.8. The highest BCUT2D eigenvalue weighted by molar-refractivity contribution is 6.00. The average molecular weight is 315 g/mol. The molecule has 1 unspecified atom stereocenters. The average Bonchev–Trinajstić information content (AvgIpc) is 2.38. The minimum Gasteiger partial charge on any atom is -0.383 e. The fraction of sp³-hybridized carbons (Fsp3) is 0.467. The first kappa shape index (κ1) is 19.6. The smallest absolute Gasteiger partial charge is 0.243 e. The molecule has 0 aromatic heterocycles. The van der Waals surface area contributed by atoms with Crippen molar-refractivity contribution in [3.8, 4) is 0 Å². The monoisotopic (exact) mass is 314 g/mol. The molecule has 0 aliphatic carbocycles. The van der Waals surface area contributed by atoms with Gasteiger partial charge < -0.3 is 15.8 Å². The first-order chi connectivity index (χ1) is 9.25. The number of carbonyl (C=O) groups is 2. The molecule has 1 aromatic rings. The number of amides is 1. The van der Waals surface area contributed by atoms with Crippen LogP contribution in [0.15, 0.2) is 24.3 Å². The van der Waals surface area contributed by atoms with Crippen LogP contribution >= 0.6 is 12.4 Å². The molecule has 6 heteroatoms. The molecule has 1 aromatic carbocycles. The van der Waals surface area contributed by atoms with Crippen molar-refractivity contribution >= 4 is 29.8 Å². The first-order valence-corrected chi connectivity index (χ1v) is 6.46. The normalized spacial score (nSPS) is 12.2. The Balaban J connectivity index is 0.00000400. The molecule has 0 spiro atoms. The molecule has 0 heterocycles. The maximum Gasteiger partial charge on any atom is 0.243 e. The third-order valence-corrected chi connectivity index (χ3v) is 2.78. The van der Waals surface area contributed by atoms with Gasteiger partial charge in [-0.2, -0.15) is 0 Å². The van der Waals surface area contributed by atoms with Gasteiger partial charge >= 0.3 is 0 Å². The number of hydrogen-bond acceptors (Lipinski definition) is 4. The Hall–Kier alpha value is -1.43. The van der Waals surface area contributed by atoms with Gasteiger partial charge in [0.25, 0.3) is 0 Å². The molecule has 0 saturated heterocycles. The largest absolute Gasteiger partial charge is 0.383 e. The van der Waals surface area contributed by atoms with Crippen LogP contribution < -0.4 is 11.1 Å². The number of halogens is 1. The number of carbonyl (C=O) groups excluding carboxylic acids is 2. The summed E-state index contributed by atoms with van der Waals surface area (Å²) in [5, 5.41) is 2.68. The molecular weight excluding hydrogens is 292 g/mol. The number of benzene rings is 1. The Morgan fingerprint density at radius 1 is 1.24 bits per heavy atom. The number of nitrogens with two attached hydrogens (primary N) is 1. The maximum atomic E-state index is 12.1. The van der Waals surface area contributed by atoms with Crippen LogP contribution in [0.3, 0.4) is 0 Å². The lowest BCUT2D eigenvalue weighted by atomic mass is 9.86. The number of nitrogens with one attached hydrogen (secondary N) is 1. The van der Waals surface area contributed by atoms with Crippen molar-refractivity contribution in [3.63, 3.8) is 0 Å². The Bertz CT molecular complexity index is 481. The topological polar surface area (TPSA) is 81.4 Å². The van der Waals surface area contributed by atoms with Crippen molar-refractivity contribution in [1.82, 2.24) is 0 Å². The van der Waals surface area contributed by atoms with Crippen molar-refractivity contribution in [1.29, 1.82) is 0 Å². The molecule has 3 N–H and O–H groups in total. The van der Waals surface area contributed by atoms with E-state index < -0.39 is 11.5 Å². The van der Waals surface area contributed by atoms with E-state index in [1.165, 1.54) is 7.11 Å². The van der Waals surface area contributed by atoms with Crippen molar-refractivity contribution < 1.29 is 14.3 Å². The van der Waals surface area contributed by atoms with Gasteiger partial charge in [0.1, 0.15) is 6.04 Å². The molecular formula is C15H23ClN2O3. The molecule has 0 fully saturated rings. The van der Waals surface area contributed by atoms with E-state index in [0.29, 0.717) is 11.3 Å². The van der Waals surface area contributed by atoms with Crippen LogP contribution in [-0.2, 0) is 9.53 Å². The zero-order valence-corrected chi connectivity index (χ0v) is 13.6. The summed E-state index contributed by atoms with van der Waals surface area (Å²) in [5.74, 6) is -0.256. The number of ether oxygens (including phenoxy) is 1. The Morgan fingerprint density at radius 3 is 2.19 bits per heavy atom. The predicted octanol–water partition coefficient (Wildman–Crippen LogP) is 2.25. The van der Waals surface area contributed by atoms with Gasteiger partial charge in [0.2, 0.25) is 5.91 Å². The van der Waals surface area contributed by atoms with E-state index in [4.69, 9.17) is 10.5 Å². The molecule has 118 valence electrons. The molecule has 1 rings (SSSR count). The van der Waals surface area contributed by atoms with Crippen LogP contribution in [-0.4, -0.2) is 31.4 Å². The lowest BCUT2D eigenvalue weighted by molar-refractivity contribution is -0.118. The number of Topliss-reactive ketones (excluding diaryl/α,β-unsaturated/α-hetero) is 1. The number of rotatable bonds is 5. The van der Waals surface area contributed by atoms with Crippen LogP contribution in [0.25, 0.3) is 0 Å². The maximum absolute atomic E-state index is 12.1. The third kappa shape index (κ3) is 5.83. The summed E-state index contributed by atoms with van der Waals surface area (Å²) in [5.41, 5.74) is 6.42. The minimum absolute atomic E-state index is 0. The molecule has 5 nitrogen and oxygen atoms in total. The third-order valence-electron chi connectivity index (χ3n) is 2.78. The van der Waals surface area contributed by atoms with E-state index in [1.54, 1.807) is 24.3 Å². The summed E-state index contributed by atoms with van der Waals surface area (Å²) in [6, 6.07) is 6.07. The second-order valence-corrected chi connectivity index (χ2v) is 5.71. The van der Waals surface area contributed by atoms with Gasteiger partial charge in [-0.05, 0) is 24.3 Å². The summed E-state index contributed by atoms with van der Waals surface area (Å²) >= 11 is 0. The van der Waals surface area contributed by atoms with Gasteiger partial charge in [-0.1, -0.05) is 20.8 Å². The highest BCUT2D eigenvalue weighted by Gasteiger charge is 2.22. The summed E-state index contributed by atoms with van der Waals surface area (Å²) < 4.78 is 4.82. The molecule has 1 amide bonds. The number of hydrogen-bond donors (Lipinski definition) is 2. The van der Waals surface area contributed by atoms with E-state index in [2.05, 4.69) is 5.32 Å². The summed E-state index contributed by atoms with van der Waals surface area (Å²) in [7, 11) is 1.49. The SMILES string of the molecule is COCC(N)C(=O)Nc1ccc(C(=O)C(C)(C)C)cc1.Cl. The standard InChI is InChI=1S/C15H22N2O3.ClH/c1-15(2,3)13(18)10-5-7-11(8-6-10)17-14(19)12(16)9-20-4;/h5-8,12H,9,16H2,1-4H3,(H,17,19);1H. The van der Waals surface area contributed by atoms with Gasteiger partial charge in [0.15, 0.2) is 5.78 Å². The van der Waals surface area contributed by atoms with Crippen molar-refractivity contribution in [2.24, 2.45) is 11.1 Å². The molecule has 1 atom stereocenters. The van der Waals surface area contributed by atoms with E-state index in [0.717, 1.165) is 0 Å². The van der Waals surface area contributed by atoms with Gasteiger partial charge in [-0.3, -0.25) is 9.59 Å². The Kier molecular flexibility index (Phi) is 7.57. The van der Waals surface area contributed by atoms with Crippen LogP contribution in [0, 0.1) is 5.41 Å². The van der Waals surface area contributed by atoms with Crippen LogP contribution in [0.5, 0.6) is 0 Å². The van der Waals surface area contributed by atoms with Gasteiger partial charge in [-0.25, -0.2) is 0 Å². The highest BCUT2D eigenvalue weighted by Crippen LogP contribution is 2.21. The van der Waals surface area contributed by atoms with E-state index >= 15 is 0 Å². The van der Waals surface area contributed by atoms with Crippen LogP contribution in [0.4, 0.5) is 5.69 Å². The Morgan fingerprint density at radius 2 is 1.76 bits per heavy atom. The molecule has 0 saturated carbocycles. The number of ketones is 1. The zero-order chi connectivity index (χ0) is 15.3. The molecule has 0 bridgehead atoms. The Labute approximate surface area is 131 Å². The molecule has 0 radical (unpaired) electrons. The molecule has 0 aliphatic rings. The van der Waals surface area contributed by atoms with Gasteiger partial charge in [-0.15, -0.1) is 12.4 Å². The number of anilines is 1. The molecule has 0 aliphatic heterocycles. The minimum atomic E-state index is -0.712. The lowest BCUT2D eigenvalue weighted by Crippen LogP contribution is -2.39. The van der Waals surface area contributed by atoms with Gasteiger partial charge in [0, 0.05) is 23.8 Å². The van der Waals surface area contributed by atoms with Crippen molar-refractivity contribution in [2.45, 2.75) is 26.8 Å². The predicted molar refractivity (Wildman–Crippen MR) is 86.0 cm³/mol. The summed E-state index contributed by atoms with van der Waals surface area (Å²) in [6.07, 6.45) is 0. The van der Waals surface area contributed by atoms with Crippen LogP contribution in [0.1, 0.15) is 31.1 Å². The second kappa shape index (κ2) is 8.12. The second-order valence-electron chi connectivity index (χ2n) is 5.71. The fourth-order valence-corrected chi connectivity index (χ4v) is 1.63. The molecule has 21 heavy (non-hydrogen) atoms. The van der Waals surface area contributed by atoms with E-state index in [9.17, 15) is 9.59 Å². The van der Waals surface area contributed by atoms with Crippen molar-refractivity contribution in [2.75, 3.05) is 19.0 Å². The van der Waals surface area contributed by atoms with E-state index in [1.807, 2.05) is 20.8 Å². The quantitative estimate of drug-likeness (QED) is 0.817. The highest BCUT2D eigenvalue weighted by atomic mass is 35.5. The summed E-state index contributed by atoms with van der Waals surface area (Å²) in [4.78, 5) is 23.8. The van der Waals surface area contributed by atoms with Gasteiger partial charge in [0.05, 0.1) is 6.61 Å². The first-order valence-electron chi connectivity index (χ1n) is 6.46. The van der Waals surface area contributed by atoms with Crippen LogP contribution in [0.2, 0.25) is 0 Å². The van der Waals surface area contributed by atoms with Crippen molar-refractivity contribution in [3.05, 3.63) is 29.8 Å². The summed E-state index contributed by atoms with van der Waals surface area (Å²) in [6.45, 7) is 5.77. The fourth-order valence-electron chi connectivity index (χ4n) is 1.63.